The van der Waals surface area contributed by atoms with Crippen molar-refractivity contribution in [2.24, 2.45) is 0 Å². The van der Waals surface area contributed by atoms with E-state index in [2.05, 4.69) is 45.3 Å². The molecule has 11 heteroatoms. The first-order valence-electron chi connectivity index (χ1n) is 14.0. The third-order valence-corrected chi connectivity index (χ3v) is 8.75. The molecule has 0 saturated carbocycles. The van der Waals surface area contributed by atoms with Gasteiger partial charge in [-0.05, 0) is 72.7 Å². The number of carbonyl (C=O) groups is 1. The monoisotopic (exact) mass is 619 g/mol. The summed E-state index contributed by atoms with van der Waals surface area (Å²) in [5, 5.41) is 15.5. The second-order valence-electron chi connectivity index (χ2n) is 10.4. The van der Waals surface area contributed by atoms with Crippen molar-refractivity contribution in [1.29, 1.82) is 0 Å². The molecule has 0 radical (unpaired) electrons. The van der Waals surface area contributed by atoms with Crippen LogP contribution in [-0.4, -0.2) is 43.1 Å². The average molecular weight is 620 g/mol. The smallest absolute Gasteiger partial charge is 0.335 e. The Morgan fingerprint density at radius 1 is 1.09 bits per heavy atom. The van der Waals surface area contributed by atoms with Crippen LogP contribution in [0.4, 0.5) is 5.13 Å². The molecule has 0 atom stereocenters. The highest BCUT2D eigenvalue weighted by Gasteiger charge is 2.28. The Bertz CT molecular complexity index is 1840. The van der Waals surface area contributed by atoms with Crippen molar-refractivity contribution < 1.29 is 45.8 Å². The Balaban J connectivity index is 0.00000329. The quantitative estimate of drug-likeness (QED) is 0.182. The minimum Gasteiger partial charge on any atom is -1.00 e. The van der Waals surface area contributed by atoms with Crippen LogP contribution < -0.4 is 41.2 Å². The Morgan fingerprint density at radius 2 is 1.95 bits per heavy atom. The predicted octanol–water partition coefficient (Wildman–Crippen LogP) is 3.06. The van der Waals surface area contributed by atoms with Crippen LogP contribution in [0.5, 0.6) is 23.0 Å². The van der Waals surface area contributed by atoms with Crippen LogP contribution in [0.25, 0.3) is 32.2 Å². The molecule has 5 aromatic rings. The fourth-order valence-electron chi connectivity index (χ4n) is 5.61. The van der Waals surface area contributed by atoms with Gasteiger partial charge in [-0.1, -0.05) is 11.3 Å². The number of aryl methyl sites for hydroxylation is 2. The molecule has 0 saturated heterocycles. The second-order valence-corrected chi connectivity index (χ2v) is 11.4. The van der Waals surface area contributed by atoms with E-state index in [1.807, 2.05) is 6.07 Å². The zero-order valence-electron chi connectivity index (χ0n) is 23.5. The molecule has 2 aliphatic heterocycles. The Morgan fingerprint density at radius 3 is 2.79 bits per heavy atom. The zero-order chi connectivity index (χ0) is 28.6. The number of fused-ring (bicyclic) bond motifs is 6. The van der Waals surface area contributed by atoms with Gasteiger partial charge in [0.05, 0.1) is 40.4 Å². The topological polar surface area (TPSA) is 103 Å². The third-order valence-electron chi connectivity index (χ3n) is 7.78. The minimum absolute atomic E-state index is 0. The van der Waals surface area contributed by atoms with Gasteiger partial charge in [-0.25, -0.2) is 9.78 Å². The number of thiazole rings is 1. The molecule has 0 amide bonds. The summed E-state index contributed by atoms with van der Waals surface area (Å²) in [5.74, 6) is 2.19. The number of hydrogen-bond donors (Lipinski definition) is 2. The average Bonchev–Trinajstić information content (AvgIpc) is 3.64. The van der Waals surface area contributed by atoms with Crippen molar-refractivity contribution in [3.63, 3.8) is 0 Å². The van der Waals surface area contributed by atoms with Crippen molar-refractivity contribution in [2.45, 2.75) is 32.2 Å². The Kier molecular flexibility index (Phi) is 8.14. The van der Waals surface area contributed by atoms with E-state index in [1.165, 1.54) is 22.5 Å². The number of nitrogens with zero attached hydrogens (tertiary/aromatic N) is 2. The molecule has 222 valence electrons. The maximum Gasteiger partial charge on any atom is 0.335 e. The van der Waals surface area contributed by atoms with Crippen LogP contribution in [0.2, 0.25) is 0 Å². The number of aromatic nitrogens is 2. The highest BCUT2D eigenvalue weighted by Crippen LogP contribution is 2.41. The number of pyridine rings is 1. The lowest BCUT2D eigenvalue weighted by Crippen LogP contribution is -3.00. The summed E-state index contributed by atoms with van der Waals surface area (Å²) in [5.41, 5.74) is 4.68. The number of carboxylic acids is 1. The van der Waals surface area contributed by atoms with Crippen molar-refractivity contribution in [2.75, 3.05) is 32.4 Å². The fraction of sp³-hybridized carbons (Fsp3) is 0.281. The molecule has 2 aliphatic rings. The highest BCUT2D eigenvalue weighted by atomic mass is 35.5. The van der Waals surface area contributed by atoms with Gasteiger partial charge >= 0.3 is 5.97 Å². The first-order chi connectivity index (χ1) is 20.6. The van der Waals surface area contributed by atoms with E-state index >= 15 is 0 Å². The summed E-state index contributed by atoms with van der Waals surface area (Å²) in [4.78, 5) is 15.8. The molecule has 2 aromatic heterocycles. The van der Waals surface area contributed by atoms with Crippen LogP contribution in [0.1, 0.15) is 35.2 Å². The number of ether oxygens (including phenoxy) is 4. The largest absolute Gasteiger partial charge is 1.00 e. The first-order valence-corrected chi connectivity index (χ1v) is 14.9. The Hall–Kier alpha value is -4.28. The SMILES string of the molecule is COc1ccc2cc3[n+](cc2c1OCCCCCNc1nc2ccc(C(=O)O)cc2s1)CCc1cc2c(cc1-3)OCO2.[Cl-]. The van der Waals surface area contributed by atoms with E-state index in [-0.39, 0.29) is 24.8 Å². The summed E-state index contributed by atoms with van der Waals surface area (Å²) >= 11 is 1.47. The van der Waals surface area contributed by atoms with E-state index in [0.717, 1.165) is 93.6 Å². The van der Waals surface area contributed by atoms with Gasteiger partial charge < -0.3 is 41.8 Å². The van der Waals surface area contributed by atoms with Crippen LogP contribution in [-0.2, 0) is 13.0 Å². The van der Waals surface area contributed by atoms with Gasteiger partial charge in [0, 0.05) is 19.0 Å². The number of benzene rings is 3. The number of anilines is 1. The minimum atomic E-state index is -0.930. The Labute approximate surface area is 258 Å². The molecule has 0 spiro atoms. The van der Waals surface area contributed by atoms with Crippen molar-refractivity contribution in [3.05, 3.63) is 65.9 Å². The summed E-state index contributed by atoms with van der Waals surface area (Å²) in [6.07, 6.45) is 5.96. The second kappa shape index (κ2) is 12.1. The summed E-state index contributed by atoms with van der Waals surface area (Å²) in [6.45, 7) is 2.51. The first kappa shape index (κ1) is 28.8. The normalized spacial score (nSPS) is 12.9. The number of aromatic carboxylic acids is 1. The van der Waals surface area contributed by atoms with Crippen molar-refractivity contribution in [3.8, 4) is 34.3 Å². The molecule has 3 aromatic carbocycles. The van der Waals surface area contributed by atoms with Gasteiger partial charge in [-0.15, -0.1) is 0 Å². The van der Waals surface area contributed by atoms with Crippen molar-refractivity contribution in [1.82, 2.24) is 4.98 Å². The maximum atomic E-state index is 11.2. The van der Waals surface area contributed by atoms with Gasteiger partial charge in [0.2, 0.25) is 12.5 Å². The molecular formula is C32H30ClN3O6S. The molecule has 43 heavy (non-hydrogen) atoms. The number of nitrogens with one attached hydrogen (secondary N) is 1. The van der Waals surface area contributed by atoms with E-state index < -0.39 is 5.97 Å². The number of unbranched alkanes of at least 4 members (excludes halogenated alkanes) is 2. The summed E-state index contributed by atoms with van der Waals surface area (Å²) in [6, 6.07) is 15.5. The van der Waals surface area contributed by atoms with E-state index in [1.54, 1.807) is 25.3 Å². The van der Waals surface area contributed by atoms with E-state index in [9.17, 15) is 9.90 Å². The van der Waals surface area contributed by atoms with Crippen LogP contribution >= 0.6 is 11.3 Å². The zero-order valence-corrected chi connectivity index (χ0v) is 25.1. The molecule has 7 rings (SSSR count). The van der Waals surface area contributed by atoms with Crippen LogP contribution in [0.15, 0.2) is 54.7 Å². The third kappa shape index (κ3) is 5.60. The van der Waals surface area contributed by atoms with E-state index in [4.69, 9.17) is 18.9 Å². The molecule has 9 nitrogen and oxygen atoms in total. The van der Waals surface area contributed by atoms with Gasteiger partial charge in [0.25, 0.3) is 0 Å². The van der Waals surface area contributed by atoms with Gasteiger partial charge in [-0.2, -0.15) is 4.57 Å². The molecule has 4 heterocycles. The van der Waals surface area contributed by atoms with Gasteiger partial charge in [0.15, 0.2) is 40.9 Å². The summed E-state index contributed by atoms with van der Waals surface area (Å²) < 4.78 is 26.4. The van der Waals surface area contributed by atoms with E-state index in [0.29, 0.717) is 6.61 Å². The molecule has 0 aliphatic carbocycles. The molecular weight excluding hydrogens is 590 g/mol. The molecule has 2 N–H and O–H groups in total. The maximum absolute atomic E-state index is 11.2. The number of methoxy groups -OCH3 is 1. The molecule has 0 fully saturated rings. The molecule has 0 unspecified atom stereocenters. The van der Waals surface area contributed by atoms with Gasteiger partial charge in [0.1, 0.15) is 0 Å². The van der Waals surface area contributed by atoms with Crippen LogP contribution in [0, 0.1) is 0 Å². The lowest BCUT2D eigenvalue weighted by molar-refractivity contribution is -0.686. The number of carboxylic acid groups (broad SMARTS) is 1. The lowest BCUT2D eigenvalue weighted by Gasteiger charge is -2.18. The highest BCUT2D eigenvalue weighted by molar-refractivity contribution is 7.22. The van der Waals surface area contributed by atoms with Crippen LogP contribution in [0.3, 0.4) is 0 Å². The number of rotatable bonds is 10. The fourth-order valence-corrected chi connectivity index (χ4v) is 6.54. The predicted molar refractivity (Wildman–Crippen MR) is 160 cm³/mol. The summed E-state index contributed by atoms with van der Waals surface area (Å²) in [7, 11) is 1.68. The number of halogens is 1. The standard InChI is InChI=1S/C32H29N3O6S.ClH/c1-38-26-8-6-19-13-25-22-16-28-27(40-18-41-28)14-20(22)9-11-35(25)17-23(19)30(26)39-12-4-2-3-10-33-32-34-24-7-5-21(31(36)37)15-29(24)42-32;/h5-8,13-17H,2-4,9-12,18H2,1H3,(H-,33,34,36,37);1H. The van der Waals surface area contributed by atoms with Crippen molar-refractivity contribution >= 4 is 43.4 Å². The van der Waals surface area contributed by atoms with Gasteiger partial charge in [-0.3, -0.25) is 0 Å². The lowest BCUT2D eigenvalue weighted by atomic mass is 9.95. The number of hydrogen-bond acceptors (Lipinski definition) is 8. The molecule has 0 bridgehead atoms.